The highest BCUT2D eigenvalue weighted by Crippen LogP contribution is 2.24. The predicted molar refractivity (Wildman–Crippen MR) is 78.2 cm³/mol. The molecule has 3 rings (SSSR count). The lowest BCUT2D eigenvalue weighted by Crippen LogP contribution is -2.44. The Balaban J connectivity index is 1.47. The van der Waals surface area contributed by atoms with Gasteiger partial charge in [-0.05, 0) is 73.5 Å². The molecule has 100 valence electrons. The van der Waals surface area contributed by atoms with Gasteiger partial charge in [-0.3, -0.25) is 0 Å². The first-order valence-corrected chi connectivity index (χ1v) is 8.33. The van der Waals surface area contributed by atoms with Gasteiger partial charge in [0, 0.05) is 19.1 Å². The number of hydrogen-bond donors (Lipinski definition) is 1. The minimum absolute atomic E-state index is 0.814. The van der Waals surface area contributed by atoms with Gasteiger partial charge in [-0.15, -0.1) is 0 Å². The summed E-state index contributed by atoms with van der Waals surface area (Å²) < 4.78 is 0. The number of hydrogen-bond acceptors (Lipinski definition) is 3. The van der Waals surface area contributed by atoms with Crippen molar-refractivity contribution in [2.45, 2.75) is 38.1 Å². The normalized spacial score (nSPS) is 29.8. The second-order valence-corrected chi connectivity index (χ2v) is 6.57. The zero-order chi connectivity index (χ0) is 12.2. The zero-order valence-electron chi connectivity index (χ0n) is 11.1. The Labute approximate surface area is 114 Å². The minimum Gasteiger partial charge on any atom is -0.314 e. The van der Waals surface area contributed by atoms with Gasteiger partial charge in [0.1, 0.15) is 0 Å². The Hall–Kier alpha value is -0.380. The first-order valence-electron chi connectivity index (χ1n) is 7.38. The molecule has 0 saturated carbocycles. The SMILES string of the molecule is c1cc(CCN2CCCC(C3CCCN3)C2)cs1. The minimum atomic E-state index is 0.814. The topological polar surface area (TPSA) is 15.3 Å². The van der Waals surface area contributed by atoms with Crippen LogP contribution in [-0.2, 0) is 6.42 Å². The molecule has 3 heteroatoms. The van der Waals surface area contributed by atoms with Crippen LogP contribution < -0.4 is 5.32 Å². The third kappa shape index (κ3) is 3.14. The molecule has 0 aliphatic carbocycles. The number of nitrogens with one attached hydrogen (secondary N) is 1. The summed E-state index contributed by atoms with van der Waals surface area (Å²) in [5, 5.41) is 8.17. The number of thiophene rings is 1. The lowest BCUT2D eigenvalue weighted by Gasteiger charge is -2.35. The Kier molecular flexibility index (Phi) is 4.34. The van der Waals surface area contributed by atoms with Crippen LogP contribution in [0.1, 0.15) is 31.2 Å². The van der Waals surface area contributed by atoms with Crippen molar-refractivity contribution in [1.29, 1.82) is 0 Å². The van der Waals surface area contributed by atoms with Gasteiger partial charge in [0.05, 0.1) is 0 Å². The van der Waals surface area contributed by atoms with Crippen LogP contribution in [0.2, 0.25) is 0 Å². The van der Waals surface area contributed by atoms with Crippen LogP contribution in [-0.4, -0.2) is 37.1 Å². The molecule has 0 amide bonds. The lowest BCUT2D eigenvalue weighted by molar-refractivity contribution is 0.153. The maximum atomic E-state index is 3.69. The Bertz CT molecular complexity index is 343. The average Bonchev–Trinajstić information content (AvgIpc) is 3.10. The first-order chi connectivity index (χ1) is 8.92. The van der Waals surface area contributed by atoms with E-state index in [0.717, 1.165) is 12.0 Å². The molecule has 0 radical (unpaired) electrons. The molecule has 0 aromatic carbocycles. The summed E-state index contributed by atoms with van der Waals surface area (Å²) in [5.74, 6) is 0.906. The van der Waals surface area contributed by atoms with Gasteiger partial charge in [0.15, 0.2) is 0 Å². The molecule has 2 fully saturated rings. The van der Waals surface area contributed by atoms with Crippen LogP contribution in [0.5, 0.6) is 0 Å². The fraction of sp³-hybridized carbons (Fsp3) is 0.733. The quantitative estimate of drug-likeness (QED) is 0.899. The lowest BCUT2D eigenvalue weighted by atomic mass is 9.89. The van der Waals surface area contributed by atoms with Gasteiger partial charge in [0.25, 0.3) is 0 Å². The fourth-order valence-electron chi connectivity index (χ4n) is 3.46. The molecule has 0 spiro atoms. The molecule has 18 heavy (non-hydrogen) atoms. The van der Waals surface area contributed by atoms with Crippen LogP contribution in [0, 0.1) is 5.92 Å². The van der Waals surface area contributed by atoms with Crippen molar-refractivity contribution in [2.75, 3.05) is 26.2 Å². The van der Waals surface area contributed by atoms with Crippen LogP contribution in [0.25, 0.3) is 0 Å². The maximum absolute atomic E-state index is 3.69. The molecule has 1 aromatic heterocycles. The van der Waals surface area contributed by atoms with E-state index in [2.05, 4.69) is 27.0 Å². The standard InChI is InChI=1S/C15H24N2S/c1-4-15(16-7-1)14-3-2-8-17(11-14)9-5-13-6-10-18-12-13/h6,10,12,14-16H,1-5,7-9,11H2. The summed E-state index contributed by atoms with van der Waals surface area (Å²) in [5.41, 5.74) is 1.51. The summed E-state index contributed by atoms with van der Waals surface area (Å²) in [4.78, 5) is 2.69. The second kappa shape index (κ2) is 6.18. The van der Waals surface area contributed by atoms with Crippen LogP contribution in [0.4, 0.5) is 0 Å². The molecule has 2 unspecified atom stereocenters. The Morgan fingerprint density at radius 3 is 3.11 bits per heavy atom. The first kappa shape index (κ1) is 12.6. The van der Waals surface area contributed by atoms with Gasteiger partial charge in [-0.1, -0.05) is 0 Å². The highest BCUT2D eigenvalue weighted by molar-refractivity contribution is 7.07. The summed E-state index contributed by atoms with van der Waals surface area (Å²) >= 11 is 1.82. The molecule has 2 nitrogen and oxygen atoms in total. The maximum Gasteiger partial charge on any atom is 0.0108 e. The predicted octanol–water partition coefficient (Wildman–Crippen LogP) is 2.75. The van der Waals surface area contributed by atoms with Crippen LogP contribution >= 0.6 is 11.3 Å². The van der Waals surface area contributed by atoms with Crippen molar-refractivity contribution >= 4 is 11.3 Å². The average molecular weight is 264 g/mol. The number of nitrogens with zero attached hydrogens (tertiary/aromatic N) is 1. The third-order valence-corrected chi connectivity index (χ3v) is 5.24. The molecule has 2 saturated heterocycles. The molecule has 1 N–H and O–H groups in total. The molecule has 2 aliphatic heterocycles. The second-order valence-electron chi connectivity index (χ2n) is 5.79. The molecular weight excluding hydrogens is 240 g/mol. The van der Waals surface area contributed by atoms with Gasteiger partial charge in [0.2, 0.25) is 0 Å². The summed E-state index contributed by atoms with van der Waals surface area (Å²) in [7, 11) is 0. The number of likely N-dealkylation sites (tertiary alicyclic amines) is 1. The molecular formula is C15H24N2S. The van der Waals surface area contributed by atoms with E-state index in [4.69, 9.17) is 0 Å². The highest BCUT2D eigenvalue weighted by Gasteiger charge is 2.28. The Morgan fingerprint density at radius 2 is 2.33 bits per heavy atom. The Morgan fingerprint density at radius 1 is 1.33 bits per heavy atom. The third-order valence-electron chi connectivity index (χ3n) is 4.51. The van der Waals surface area contributed by atoms with E-state index in [1.54, 1.807) is 0 Å². The van der Waals surface area contributed by atoms with Crippen molar-refractivity contribution in [3.63, 3.8) is 0 Å². The van der Waals surface area contributed by atoms with E-state index in [1.165, 1.54) is 63.8 Å². The summed E-state index contributed by atoms with van der Waals surface area (Å²) in [6, 6.07) is 3.08. The number of rotatable bonds is 4. The smallest absolute Gasteiger partial charge is 0.0108 e. The van der Waals surface area contributed by atoms with Gasteiger partial charge in [-0.2, -0.15) is 11.3 Å². The molecule has 3 heterocycles. The van der Waals surface area contributed by atoms with E-state index in [9.17, 15) is 0 Å². The van der Waals surface area contributed by atoms with Crippen molar-refractivity contribution < 1.29 is 0 Å². The van der Waals surface area contributed by atoms with Crippen LogP contribution in [0.3, 0.4) is 0 Å². The highest BCUT2D eigenvalue weighted by atomic mass is 32.1. The van der Waals surface area contributed by atoms with E-state index >= 15 is 0 Å². The molecule has 2 atom stereocenters. The van der Waals surface area contributed by atoms with Crippen molar-refractivity contribution in [2.24, 2.45) is 5.92 Å². The van der Waals surface area contributed by atoms with Crippen molar-refractivity contribution in [3.05, 3.63) is 22.4 Å². The van der Waals surface area contributed by atoms with E-state index in [1.807, 2.05) is 11.3 Å². The van der Waals surface area contributed by atoms with E-state index < -0.39 is 0 Å². The molecule has 2 aliphatic rings. The summed E-state index contributed by atoms with van der Waals surface area (Å²) in [6.07, 6.45) is 6.85. The van der Waals surface area contributed by atoms with E-state index in [0.29, 0.717) is 0 Å². The van der Waals surface area contributed by atoms with Crippen molar-refractivity contribution in [3.8, 4) is 0 Å². The van der Waals surface area contributed by atoms with Gasteiger partial charge < -0.3 is 10.2 Å². The van der Waals surface area contributed by atoms with Crippen molar-refractivity contribution in [1.82, 2.24) is 10.2 Å². The van der Waals surface area contributed by atoms with Gasteiger partial charge in [-0.25, -0.2) is 0 Å². The monoisotopic (exact) mass is 264 g/mol. The van der Waals surface area contributed by atoms with E-state index in [-0.39, 0.29) is 0 Å². The largest absolute Gasteiger partial charge is 0.314 e. The van der Waals surface area contributed by atoms with Crippen LogP contribution in [0.15, 0.2) is 16.8 Å². The number of piperidine rings is 1. The molecule has 0 bridgehead atoms. The zero-order valence-corrected chi connectivity index (χ0v) is 11.9. The molecule has 1 aromatic rings. The van der Waals surface area contributed by atoms with Gasteiger partial charge >= 0.3 is 0 Å². The fourth-order valence-corrected chi connectivity index (χ4v) is 4.16. The summed E-state index contributed by atoms with van der Waals surface area (Å²) in [6.45, 7) is 5.13.